The lowest BCUT2D eigenvalue weighted by atomic mass is 10.1. The molecule has 1 heterocycles. The number of carbonyl (C=O) groups excluding carboxylic acids is 1. The van der Waals surface area contributed by atoms with Gasteiger partial charge in [-0.3, -0.25) is 4.79 Å². The highest BCUT2D eigenvalue weighted by Gasteiger charge is 2.20. The van der Waals surface area contributed by atoms with Crippen molar-refractivity contribution in [2.45, 2.75) is 25.4 Å². The lowest BCUT2D eigenvalue weighted by Gasteiger charge is -2.25. The van der Waals surface area contributed by atoms with E-state index in [1.807, 2.05) is 7.05 Å². The summed E-state index contributed by atoms with van der Waals surface area (Å²) in [7, 11) is 1.99. The largest absolute Gasteiger partial charge is 0.372 e. The van der Waals surface area contributed by atoms with Gasteiger partial charge in [0.25, 0.3) is 5.91 Å². The van der Waals surface area contributed by atoms with Crippen molar-refractivity contribution in [1.29, 1.82) is 0 Å². The second-order valence-electron chi connectivity index (χ2n) is 5.47. The van der Waals surface area contributed by atoms with Crippen LogP contribution < -0.4 is 10.2 Å². The zero-order chi connectivity index (χ0) is 15.2. The average molecular weight is 332 g/mol. The van der Waals surface area contributed by atoms with Crippen LogP contribution in [0.4, 0.5) is 5.69 Å². The van der Waals surface area contributed by atoms with E-state index in [0.29, 0.717) is 22.3 Å². The fraction of sp³-hybridized carbons (Fsp3) is 0.533. The van der Waals surface area contributed by atoms with Crippen LogP contribution in [0.25, 0.3) is 0 Å². The number of para-hydroxylation sites is 1. The molecule has 1 unspecified atom stereocenters. The van der Waals surface area contributed by atoms with Crippen LogP contribution in [-0.2, 0) is 9.53 Å². The molecule has 0 saturated carbocycles. The predicted molar refractivity (Wildman–Crippen MR) is 85.3 cm³/mol. The van der Waals surface area contributed by atoms with Crippen molar-refractivity contribution >= 4 is 34.8 Å². The molecule has 1 amide bonds. The molecule has 2 N–H and O–H groups in total. The van der Waals surface area contributed by atoms with Gasteiger partial charge in [-0.1, -0.05) is 29.3 Å². The van der Waals surface area contributed by atoms with Gasteiger partial charge >= 0.3 is 0 Å². The van der Waals surface area contributed by atoms with Crippen LogP contribution in [0.1, 0.15) is 19.3 Å². The van der Waals surface area contributed by atoms with Crippen LogP contribution in [0.5, 0.6) is 0 Å². The van der Waals surface area contributed by atoms with Crippen LogP contribution in [0.15, 0.2) is 18.2 Å². The topological polar surface area (TPSA) is 42.8 Å². The molecule has 2 rings (SSSR count). The third kappa shape index (κ3) is 5.15. The summed E-state index contributed by atoms with van der Waals surface area (Å²) in [6.07, 6.45) is 3.69. The monoisotopic (exact) mass is 331 g/mol. The molecule has 0 aromatic heterocycles. The summed E-state index contributed by atoms with van der Waals surface area (Å²) in [4.78, 5) is 13.2. The van der Waals surface area contributed by atoms with Crippen molar-refractivity contribution < 1.29 is 14.4 Å². The molecule has 1 aliphatic heterocycles. The molecule has 4 nitrogen and oxygen atoms in total. The van der Waals surface area contributed by atoms with E-state index in [0.717, 1.165) is 30.9 Å². The summed E-state index contributed by atoms with van der Waals surface area (Å²) in [6, 6.07) is 5.16. The Bertz CT molecular complexity index is 470. The maximum absolute atomic E-state index is 12.1. The molecule has 21 heavy (non-hydrogen) atoms. The highest BCUT2D eigenvalue weighted by molar-refractivity contribution is 6.39. The molecule has 1 aromatic carbocycles. The number of nitrogens with one attached hydrogen (secondary N) is 2. The van der Waals surface area contributed by atoms with E-state index in [4.69, 9.17) is 27.9 Å². The number of anilines is 1. The quantitative estimate of drug-likeness (QED) is 0.866. The fourth-order valence-electron chi connectivity index (χ4n) is 2.50. The number of rotatable bonds is 5. The van der Waals surface area contributed by atoms with Crippen LogP contribution >= 0.6 is 23.2 Å². The molecular weight excluding hydrogens is 311 g/mol. The Morgan fingerprint density at radius 3 is 2.71 bits per heavy atom. The van der Waals surface area contributed by atoms with Gasteiger partial charge in [0.2, 0.25) is 0 Å². The summed E-state index contributed by atoms with van der Waals surface area (Å²) >= 11 is 12.1. The third-order valence-corrected chi connectivity index (χ3v) is 4.17. The van der Waals surface area contributed by atoms with E-state index in [1.165, 1.54) is 6.42 Å². The van der Waals surface area contributed by atoms with Crippen molar-refractivity contribution in [3.63, 3.8) is 0 Å². The minimum absolute atomic E-state index is 0.0988. The molecule has 0 bridgehead atoms. The molecule has 0 aliphatic carbocycles. The summed E-state index contributed by atoms with van der Waals surface area (Å²) in [6.45, 7) is 2.03. The van der Waals surface area contributed by atoms with E-state index in [9.17, 15) is 4.79 Å². The summed E-state index contributed by atoms with van der Waals surface area (Å²) in [5, 5.41) is 3.68. The zero-order valence-electron chi connectivity index (χ0n) is 12.1. The normalized spacial score (nSPS) is 20.0. The maximum Gasteiger partial charge on any atom is 0.279 e. The highest BCUT2D eigenvalue weighted by Crippen LogP contribution is 2.29. The van der Waals surface area contributed by atoms with Gasteiger partial charge in [0.15, 0.2) is 6.54 Å². The van der Waals surface area contributed by atoms with Gasteiger partial charge in [-0.2, -0.15) is 0 Å². The first-order valence-corrected chi connectivity index (χ1v) is 7.98. The van der Waals surface area contributed by atoms with Crippen molar-refractivity contribution in [3.05, 3.63) is 28.2 Å². The van der Waals surface area contributed by atoms with Crippen LogP contribution in [0.2, 0.25) is 10.0 Å². The van der Waals surface area contributed by atoms with Crippen molar-refractivity contribution in [2.24, 2.45) is 0 Å². The molecule has 0 spiro atoms. The molecule has 1 saturated heterocycles. The molecule has 1 aromatic rings. The molecule has 2 atom stereocenters. The Labute approximate surface area is 135 Å². The van der Waals surface area contributed by atoms with Gasteiger partial charge in [0.1, 0.15) is 12.6 Å². The third-order valence-electron chi connectivity index (χ3n) is 3.54. The van der Waals surface area contributed by atoms with Gasteiger partial charge in [-0.05, 0) is 31.4 Å². The number of benzene rings is 1. The number of ether oxygens (including phenoxy) is 1. The van der Waals surface area contributed by atoms with Crippen LogP contribution in [0.3, 0.4) is 0 Å². The Kier molecular flexibility index (Phi) is 6.30. The fourth-order valence-corrected chi connectivity index (χ4v) is 3.00. The van der Waals surface area contributed by atoms with E-state index in [-0.39, 0.29) is 12.0 Å². The first kappa shape index (κ1) is 16.6. The van der Waals surface area contributed by atoms with Crippen LogP contribution in [0, 0.1) is 0 Å². The number of carbonyl (C=O) groups is 1. The van der Waals surface area contributed by atoms with E-state index < -0.39 is 0 Å². The molecular formula is C15H21Cl2N2O2+. The van der Waals surface area contributed by atoms with Gasteiger partial charge in [-0.25, -0.2) is 0 Å². The van der Waals surface area contributed by atoms with Crippen molar-refractivity contribution in [3.8, 4) is 0 Å². The standard InChI is InChI=1S/C15H20Cl2N2O2/c1-19(9-11-5-2-3-8-21-11)10-14(20)18-15-12(16)6-4-7-13(15)17/h4,6-7,11H,2-3,5,8-10H2,1H3,(H,18,20)/p+1/t11-/m1/s1. The highest BCUT2D eigenvalue weighted by atomic mass is 35.5. The Balaban J connectivity index is 1.83. The first-order chi connectivity index (χ1) is 10.1. The number of likely N-dealkylation sites (N-methyl/N-ethyl adjacent to an activating group) is 1. The first-order valence-electron chi connectivity index (χ1n) is 7.23. The second kappa shape index (κ2) is 7.99. The van der Waals surface area contributed by atoms with E-state index >= 15 is 0 Å². The molecule has 116 valence electrons. The maximum atomic E-state index is 12.1. The van der Waals surface area contributed by atoms with E-state index in [2.05, 4.69) is 5.32 Å². The molecule has 6 heteroatoms. The van der Waals surface area contributed by atoms with Crippen LogP contribution in [-0.4, -0.2) is 38.8 Å². The number of quaternary nitrogens is 1. The predicted octanol–water partition coefficient (Wildman–Crippen LogP) is 2.02. The molecule has 1 aliphatic rings. The summed E-state index contributed by atoms with van der Waals surface area (Å²) in [5.74, 6) is -0.0988. The number of halogens is 2. The van der Waals surface area contributed by atoms with Crippen molar-refractivity contribution in [2.75, 3.05) is 32.1 Å². The zero-order valence-corrected chi connectivity index (χ0v) is 13.6. The number of hydrogen-bond donors (Lipinski definition) is 2. The summed E-state index contributed by atoms with van der Waals surface area (Å²) < 4.78 is 5.69. The van der Waals surface area contributed by atoms with Gasteiger partial charge in [0.05, 0.1) is 22.8 Å². The molecule has 0 radical (unpaired) electrons. The Hall–Kier alpha value is -0.810. The smallest absolute Gasteiger partial charge is 0.279 e. The average Bonchev–Trinajstić information content (AvgIpc) is 2.44. The van der Waals surface area contributed by atoms with Gasteiger partial charge in [0, 0.05) is 6.61 Å². The van der Waals surface area contributed by atoms with Crippen molar-refractivity contribution in [1.82, 2.24) is 0 Å². The SMILES string of the molecule is C[NH+](CC(=O)Nc1c(Cl)cccc1Cl)C[C@H]1CCCCO1. The molecule has 1 fully saturated rings. The van der Waals surface area contributed by atoms with Gasteiger partial charge < -0.3 is 15.0 Å². The number of hydrogen-bond acceptors (Lipinski definition) is 2. The van der Waals surface area contributed by atoms with Gasteiger partial charge in [-0.15, -0.1) is 0 Å². The Morgan fingerprint density at radius 2 is 2.10 bits per heavy atom. The van der Waals surface area contributed by atoms with E-state index in [1.54, 1.807) is 18.2 Å². The summed E-state index contributed by atoms with van der Waals surface area (Å²) in [5.41, 5.74) is 0.479. The minimum atomic E-state index is -0.0988. The lowest BCUT2D eigenvalue weighted by Crippen LogP contribution is -3.11. The Morgan fingerprint density at radius 1 is 1.38 bits per heavy atom. The minimum Gasteiger partial charge on any atom is -0.372 e. The second-order valence-corrected chi connectivity index (χ2v) is 6.29. The lowest BCUT2D eigenvalue weighted by molar-refractivity contribution is -0.874. The number of amides is 1.